The van der Waals surface area contributed by atoms with Gasteiger partial charge in [-0.15, -0.1) is 7.54 Å². The predicted molar refractivity (Wildman–Crippen MR) is 61.7 cm³/mol. The number of hydrogen-bond acceptors (Lipinski definition) is 6. The van der Waals surface area contributed by atoms with Gasteiger partial charge in [0.05, 0.1) is 19.8 Å². The molecule has 0 amide bonds. The fraction of sp³-hybridized carbons (Fsp3) is 0.500. The van der Waals surface area contributed by atoms with Crippen LogP contribution in [0.1, 0.15) is 0 Å². The van der Waals surface area contributed by atoms with Crippen LogP contribution in [-0.4, -0.2) is 11.0 Å². The first kappa shape index (κ1) is 15.6. The van der Waals surface area contributed by atoms with E-state index in [1.807, 2.05) is 0 Å². The zero-order valence-corrected chi connectivity index (χ0v) is 11.3. The maximum atomic E-state index is 12.1. The molecule has 0 unspecified atom stereocenters. The van der Waals surface area contributed by atoms with Gasteiger partial charge in [-0.2, -0.15) is 26.3 Å². The van der Waals surface area contributed by atoms with Gasteiger partial charge in [-0.05, 0) is 23.5 Å². The van der Waals surface area contributed by atoms with Gasteiger partial charge in [-0.1, -0.05) is 0 Å². The molecule has 0 radical (unpaired) electrons. The highest BCUT2D eigenvalue weighted by molar-refractivity contribution is 8.29. The van der Waals surface area contributed by atoms with Crippen LogP contribution in [0, 0.1) is 0 Å². The molecule has 2 nitrogen and oxygen atoms in total. The van der Waals surface area contributed by atoms with Crippen molar-refractivity contribution in [2.45, 2.75) is 11.0 Å². The van der Waals surface area contributed by atoms with Gasteiger partial charge in [0.1, 0.15) is 0 Å². The summed E-state index contributed by atoms with van der Waals surface area (Å²) in [7, 11) is 0. The SMILES string of the molecule is FC(F)(F)SC1=C(SC(F)(F)F)SN=S=NS1. The molecule has 0 N–H and O–H groups in total. The van der Waals surface area contributed by atoms with Crippen molar-refractivity contribution in [1.82, 2.24) is 0 Å². The minimum atomic E-state index is -4.66. The Morgan fingerprint density at radius 3 is 1.41 bits per heavy atom. The molecule has 0 fully saturated rings. The first-order valence-corrected chi connectivity index (χ1v) is 7.25. The highest BCUT2D eigenvalue weighted by Gasteiger charge is 2.37. The third-order valence-electron chi connectivity index (χ3n) is 0.891. The van der Waals surface area contributed by atoms with Crippen molar-refractivity contribution in [1.29, 1.82) is 0 Å². The molecular weight excluding hydrogens is 350 g/mol. The topological polar surface area (TPSA) is 24.7 Å². The van der Waals surface area contributed by atoms with Gasteiger partial charge in [0, 0.05) is 23.9 Å². The Labute approximate surface area is 112 Å². The van der Waals surface area contributed by atoms with Gasteiger partial charge in [-0.3, -0.25) is 0 Å². The molecule has 13 heteroatoms. The molecule has 1 heterocycles. The third kappa shape index (κ3) is 6.88. The summed E-state index contributed by atoms with van der Waals surface area (Å²) in [5.74, 6) is 0. The fourth-order valence-electron chi connectivity index (χ4n) is 0.520. The number of alkyl halides is 6. The van der Waals surface area contributed by atoms with E-state index in [4.69, 9.17) is 0 Å². The molecule has 1 aliphatic heterocycles. The summed E-state index contributed by atoms with van der Waals surface area (Å²) < 4.78 is 78.4. The number of hydrogen-bond donors (Lipinski definition) is 0. The van der Waals surface area contributed by atoms with Crippen LogP contribution >= 0.6 is 47.4 Å². The first-order chi connectivity index (χ1) is 7.67. The molecule has 0 saturated heterocycles. The lowest BCUT2D eigenvalue weighted by atomic mass is 11.2. The van der Waals surface area contributed by atoms with Crippen LogP contribution < -0.4 is 0 Å². The molecule has 0 aromatic rings. The Morgan fingerprint density at radius 1 is 0.765 bits per heavy atom. The normalized spacial score (nSPS) is 18.0. The average molecular weight is 350 g/mol. The Hall–Kier alpha value is 0.540. The van der Waals surface area contributed by atoms with E-state index in [2.05, 4.69) is 7.54 Å². The van der Waals surface area contributed by atoms with E-state index in [9.17, 15) is 26.3 Å². The summed E-state index contributed by atoms with van der Waals surface area (Å²) in [6, 6.07) is 0. The van der Waals surface area contributed by atoms with Crippen LogP contribution in [0.15, 0.2) is 16.0 Å². The molecule has 0 bridgehead atoms. The van der Waals surface area contributed by atoms with Crippen molar-refractivity contribution in [3.8, 4) is 0 Å². The molecule has 0 aliphatic carbocycles. The van der Waals surface area contributed by atoms with Crippen LogP contribution in [0.25, 0.3) is 0 Å². The molecule has 1 aliphatic rings. The highest BCUT2D eigenvalue weighted by Crippen LogP contribution is 2.53. The van der Waals surface area contributed by atoms with E-state index in [1.54, 1.807) is 0 Å². The van der Waals surface area contributed by atoms with Crippen molar-refractivity contribution in [2.75, 3.05) is 0 Å². The van der Waals surface area contributed by atoms with Gasteiger partial charge in [0.2, 0.25) is 0 Å². The Kier molecular flexibility index (Phi) is 5.62. The summed E-state index contributed by atoms with van der Waals surface area (Å²) in [6.07, 6.45) is 0. The van der Waals surface area contributed by atoms with Gasteiger partial charge in [0.15, 0.2) is 0 Å². The smallest absolute Gasteiger partial charge is 0.160 e. The molecule has 0 aromatic heterocycles. The minimum Gasteiger partial charge on any atom is -0.160 e. The van der Waals surface area contributed by atoms with Crippen molar-refractivity contribution < 1.29 is 26.3 Å². The van der Waals surface area contributed by atoms with Crippen LogP contribution in [0.5, 0.6) is 0 Å². The quantitative estimate of drug-likeness (QED) is 0.493. The Morgan fingerprint density at radius 2 is 1.12 bits per heavy atom. The monoisotopic (exact) mass is 350 g/mol. The molecule has 1 rings (SSSR count). The summed E-state index contributed by atoms with van der Waals surface area (Å²) in [6.45, 7) is 0. The lowest BCUT2D eigenvalue weighted by Gasteiger charge is -2.11. The summed E-state index contributed by atoms with van der Waals surface area (Å²) in [4.78, 5) is 0. The van der Waals surface area contributed by atoms with E-state index in [1.165, 1.54) is 0 Å². The molecule has 0 spiro atoms. The molecular formula is C4F6N2S5. The van der Waals surface area contributed by atoms with Crippen LogP contribution in [-0.2, 0) is 11.4 Å². The van der Waals surface area contributed by atoms with E-state index >= 15 is 0 Å². The van der Waals surface area contributed by atoms with Crippen molar-refractivity contribution >= 4 is 58.8 Å². The predicted octanol–water partition coefficient (Wildman–Crippen LogP) is 5.38. The van der Waals surface area contributed by atoms with E-state index < -0.39 is 43.0 Å². The average Bonchev–Trinajstić information content (AvgIpc) is 2.27. The van der Waals surface area contributed by atoms with Crippen LogP contribution in [0.2, 0.25) is 0 Å². The molecule has 0 atom stereocenters. The van der Waals surface area contributed by atoms with Crippen LogP contribution in [0.4, 0.5) is 26.3 Å². The molecule has 17 heavy (non-hydrogen) atoms. The number of thioether (sulfide) groups is 2. The number of halogens is 6. The van der Waals surface area contributed by atoms with Gasteiger partial charge >= 0.3 is 11.0 Å². The molecule has 0 saturated carbocycles. The lowest BCUT2D eigenvalue weighted by Crippen LogP contribution is -2.02. The standard InChI is InChI=1S/C4F6N2S5/c5-3(6,7)13-1-2(14-4(8,9)10)16-12-17-11-15-1. The van der Waals surface area contributed by atoms with Crippen molar-refractivity contribution in [2.24, 2.45) is 7.54 Å². The summed E-state index contributed by atoms with van der Waals surface area (Å²) in [5, 5.41) is 0. The zero-order chi connectivity index (χ0) is 13.1. The second kappa shape index (κ2) is 6.12. The minimum absolute atomic E-state index is 0.335. The Bertz CT molecular complexity index is 347. The van der Waals surface area contributed by atoms with Gasteiger partial charge in [0.25, 0.3) is 0 Å². The second-order valence-corrected chi connectivity index (χ2v) is 7.29. The third-order valence-corrected chi connectivity index (χ3v) is 5.47. The van der Waals surface area contributed by atoms with E-state index in [-0.39, 0.29) is 0 Å². The lowest BCUT2D eigenvalue weighted by molar-refractivity contribution is -0.0333. The van der Waals surface area contributed by atoms with Crippen molar-refractivity contribution in [3.05, 3.63) is 8.47 Å². The van der Waals surface area contributed by atoms with E-state index in [0.717, 1.165) is 0 Å². The maximum Gasteiger partial charge on any atom is 0.447 e. The molecule has 0 aromatic carbocycles. The molecule has 98 valence electrons. The maximum absolute atomic E-state index is 12.1. The largest absolute Gasteiger partial charge is 0.447 e. The van der Waals surface area contributed by atoms with Crippen LogP contribution in [0.3, 0.4) is 0 Å². The summed E-state index contributed by atoms with van der Waals surface area (Å²) in [5.41, 5.74) is -9.32. The highest BCUT2D eigenvalue weighted by atomic mass is 32.2. The summed E-state index contributed by atoms with van der Waals surface area (Å²) >= 11 is -0.0349. The number of rotatable bonds is 2. The van der Waals surface area contributed by atoms with Crippen molar-refractivity contribution in [3.63, 3.8) is 0 Å². The first-order valence-electron chi connectivity index (χ1n) is 3.34. The van der Waals surface area contributed by atoms with E-state index in [0.29, 0.717) is 35.3 Å². The zero-order valence-electron chi connectivity index (χ0n) is 7.20. The fourth-order valence-corrected chi connectivity index (χ4v) is 4.78. The number of nitrogens with zero attached hydrogens (tertiary/aromatic N) is 2. The Balaban J connectivity index is 2.92. The second-order valence-electron chi connectivity index (χ2n) is 2.08. The van der Waals surface area contributed by atoms with Gasteiger partial charge in [-0.25, -0.2) is 0 Å². The van der Waals surface area contributed by atoms with Gasteiger partial charge < -0.3 is 0 Å².